The van der Waals surface area contributed by atoms with Gasteiger partial charge in [0, 0.05) is 30.3 Å². The highest BCUT2D eigenvalue weighted by Crippen LogP contribution is 2.18. The third kappa shape index (κ3) is 4.01. The maximum Gasteiger partial charge on any atom is 0.181 e. The fourth-order valence-corrected chi connectivity index (χ4v) is 1.81. The summed E-state index contributed by atoms with van der Waals surface area (Å²) in [7, 11) is 1.50. The molecule has 0 bridgehead atoms. The summed E-state index contributed by atoms with van der Waals surface area (Å²) in [5, 5.41) is 4.92. The third-order valence-corrected chi connectivity index (χ3v) is 2.74. The number of carbonyl (C=O) groups excluding carboxylic acids is 1. The molecule has 2 rings (SSSR count). The fourth-order valence-electron chi connectivity index (χ4n) is 1.62. The Morgan fingerprint density at radius 1 is 1.50 bits per heavy atom. The van der Waals surface area contributed by atoms with Crippen LogP contribution in [0, 0.1) is 0 Å². The molecule has 0 aliphatic heterocycles. The maximum atomic E-state index is 11.3. The second-order valence-corrected chi connectivity index (χ2v) is 4.56. The average molecular weight is 292 g/mol. The first kappa shape index (κ1) is 14.4. The molecule has 0 unspecified atom stereocenters. The molecule has 1 heterocycles. The van der Waals surface area contributed by atoms with Crippen molar-refractivity contribution in [2.24, 2.45) is 0 Å². The van der Waals surface area contributed by atoms with E-state index >= 15 is 0 Å². The van der Waals surface area contributed by atoms with Crippen LogP contribution in [0.1, 0.15) is 6.42 Å². The number of rotatable bonds is 6. The van der Waals surface area contributed by atoms with Crippen molar-refractivity contribution in [1.82, 2.24) is 14.8 Å². The van der Waals surface area contributed by atoms with Gasteiger partial charge in [-0.25, -0.2) is 9.67 Å². The van der Waals surface area contributed by atoms with Gasteiger partial charge in [-0.3, -0.25) is 4.79 Å². The van der Waals surface area contributed by atoms with Gasteiger partial charge in [0.1, 0.15) is 12.9 Å². The highest BCUT2D eigenvalue weighted by molar-refractivity contribution is 6.30. The number of hydrogen-bond acceptors (Lipinski definition) is 4. The van der Waals surface area contributed by atoms with Crippen molar-refractivity contribution < 1.29 is 9.53 Å². The lowest BCUT2D eigenvalue weighted by Gasteiger charge is -1.95. The monoisotopic (exact) mass is 291 g/mol. The third-order valence-electron chi connectivity index (χ3n) is 2.50. The Morgan fingerprint density at radius 2 is 2.35 bits per heavy atom. The predicted octanol–water partition coefficient (Wildman–Crippen LogP) is 2.67. The summed E-state index contributed by atoms with van der Waals surface area (Å²) in [5.74, 6) is 0.597. The van der Waals surface area contributed by atoms with Crippen LogP contribution < -0.4 is 0 Å². The van der Waals surface area contributed by atoms with E-state index in [1.54, 1.807) is 35.4 Å². The summed E-state index contributed by atoms with van der Waals surface area (Å²) in [6.45, 7) is 0.120. The zero-order chi connectivity index (χ0) is 14.4. The summed E-state index contributed by atoms with van der Waals surface area (Å²) in [6, 6.07) is 7.32. The van der Waals surface area contributed by atoms with Gasteiger partial charge >= 0.3 is 0 Å². The average Bonchev–Trinajstić information content (AvgIpc) is 2.88. The van der Waals surface area contributed by atoms with Crippen LogP contribution in [-0.2, 0) is 9.53 Å². The molecule has 1 aromatic carbocycles. The molecule has 0 aliphatic carbocycles. The zero-order valence-electron chi connectivity index (χ0n) is 11.0. The largest absolute Gasteiger partial charge is 0.377 e. The highest BCUT2D eigenvalue weighted by Gasteiger charge is 2.03. The number of carbonyl (C=O) groups is 1. The number of Topliss-reactive ketones (excluding diaryl/α,β-unsaturated/α-hetero) is 1. The van der Waals surface area contributed by atoms with Gasteiger partial charge in [-0.15, -0.1) is 5.10 Å². The molecule has 2 aromatic rings. The quantitative estimate of drug-likeness (QED) is 0.821. The van der Waals surface area contributed by atoms with Gasteiger partial charge in [0.15, 0.2) is 11.6 Å². The number of halogens is 1. The van der Waals surface area contributed by atoms with E-state index in [4.69, 9.17) is 16.3 Å². The number of nitrogens with zero attached hydrogens (tertiary/aromatic N) is 3. The number of ketones is 1. The van der Waals surface area contributed by atoms with Crippen molar-refractivity contribution in [1.29, 1.82) is 0 Å². The minimum Gasteiger partial charge on any atom is -0.377 e. The Balaban J connectivity index is 2.02. The first-order chi connectivity index (χ1) is 9.69. The van der Waals surface area contributed by atoms with E-state index in [1.807, 2.05) is 12.1 Å². The summed E-state index contributed by atoms with van der Waals surface area (Å²) >= 11 is 5.92. The van der Waals surface area contributed by atoms with Gasteiger partial charge in [-0.2, -0.15) is 0 Å². The van der Waals surface area contributed by atoms with Crippen molar-refractivity contribution in [3.8, 4) is 11.4 Å². The molecule has 0 fully saturated rings. The number of ether oxygens (including phenoxy) is 1. The normalized spacial score (nSPS) is 11.1. The number of benzene rings is 1. The van der Waals surface area contributed by atoms with Crippen LogP contribution in [0.5, 0.6) is 0 Å². The van der Waals surface area contributed by atoms with Crippen LogP contribution in [0.25, 0.3) is 17.6 Å². The molecule has 0 aliphatic rings. The van der Waals surface area contributed by atoms with Crippen LogP contribution >= 0.6 is 11.6 Å². The Bertz CT molecular complexity index is 622. The first-order valence-corrected chi connectivity index (χ1v) is 6.41. The standard InChI is InChI=1S/C14H14ClN3O2/c1-20-9-13(19)6-3-7-18-10-16-14(17-18)11-4-2-5-12(15)8-11/h2-5,7-8,10H,6,9H2,1H3/b7-3-. The number of aromatic nitrogens is 3. The van der Waals surface area contributed by atoms with E-state index in [2.05, 4.69) is 10.1 Å². The van der Waals surface area contributed by atoms with Crippen LogP contribution in [0.4, 0.5) is 0 Å². The molecule has 0 spiro atoms. The molecule has 6 heteroatoms. The van der Waals surface area contributed by atoms with E-state index in [1.165, 1.54) is 7.11 Å². The first-order valence-electron chi connectivity index (χ1n) is 6.03. The molecule has 0 saturated heterocycles. The second-order valence-electron chi connectivity index (χ2n) is 4.12. The number of hydrogen-bond donors (Lipinski definition) is 0. The minimum absolute atomic E-state index is 0.0129. The number of methoxy groups -OCH3 is 1. The van der Waals surface area contributed by atoms with Crippen molar-refractivity contribution in [2.75, 3.05) is 13.7 Å². The molecular formula is C14H14ClN3O2. The summed E-state index contributed by atoms with van der Waals surface area (Å²) < 4.78 is 6.30. The molecule has 0 amide bonds. The Morgan fingerprint density at radius 3 is 3.10 bits per heavy atom. The summed E-state index contributed by atoms with van der Waals surface area (Å²) in [4.78, 5) is 15.5. The second kappa shape index (κ2) is 6.98. The Hall–Kier alpha value is -1.98. The fraction of sp³-hybridized carbons (Fsp3) is 0.214. The van der Waals surface area contributed by atoms with Gasteiger partial charge in [0.05, 0.1) is 0 Å². The lowest BCUT2D eigenvalue weighted by atomic mass is 10.2. The van der Waals surface area contributed by atoms with Crippen LogP contribution in [-0.4, -0.2) is 34.3 Å². The molecule has 0 saturated carbocycles. The minimum atomic E-state index is 0.0129. The molecule has 0 radical (unpaired) electrons. The molecular weight excluding hydrogens is 278 g/mol. The van der Waals surface area contributed by atoms with Gasteiger partial charge in [-0.1, -0.05) is 29.8 Å². The SMILES string of the molecule is COCC(=O)C/C=C\n1cnc(-c2cccc(Cl)c2)n1. The van der Waals surface area contributed by atoms with E-state index in [0.29, 0.717) is 17.3 Å². The zero-order valence-corrected chi connectivity index (χ0v) is 11.7. The van der Waals surface area contributed by atoms with Crippen LogP contribution in [0.3, 0.4) is 0 Å². The van der Waals surface area contributed by atoms with Gasteiger partial charge in [0.2, 0.25) is 0 Å². The summed E-state index contributed by atoms with van der Waals surface area (Å²) in [6.07, 6.45) is 5.29. The lowest BCUT2D eigenvalue weighted by molar-refractivity contribution is -0.121. The van der Waals surface area contributed by atoms with Crippen molar-refractivity contribution in [3.63, 3.8) is 0 Å². The smallest absolute Gasteiger partial charge is 0.181 e. The molecule has 0 atom stereocenters. The molecule has 1 aromatic heterocycles. The summed E-state index contributed by atoms with van der Waals surface area (Å²) in [5.41, 5.74) is 0.847. The molecule has 104 valence electrons. The van der Waals surface area contributed by atoms with E-state index < -0.39 is 0 Å². The topological polar surface area (TPSA) is 57.0 Å². The van der Waals surface area contributed by atoms with E-state index in [-0.39, 0.29) is 12.4 Å². The van der Waals surface area contributed by atoms with Crippen LogP contribution in [0.15, 0.2) is 36.7 Å². The van der Waals surface area contributed by atoms with Crippen molar-refractivity contribution in [3.05, 3.63) is 41.7 Å². The lowest BCUT2D eigenvalue weighted by Crippen LogP contribution is -2.04. The Labute approximate surface area is 121 Å². The van der Waals surface area contributed by atoms with Crippen molar-refractivity contribution in [2.45, 2.75) is 6.42 Å². The van der Waals surface area contributed by atoms with Crippen molar-refractivity contribution >= 4 is 23.6 Å². The van der Waals surface area contributed by atoms with Gasteiger partial charge in [-0.05, 0) is 12.1 Å². The van der Waals surface area contributed by atoms with Gasteiger partial charge in [0.25, 0.3) is 0 Å². The molecule has 0 N–H and O–H groups in total. The molecule has 20 heavy (non-hydrogen) atoms. The van der Waals surface area contributed by atoms with E-state index in [0.717, 1.165) is 5.56 Å². The maximum absolute atomic E-state index is 11.3. The predicted molar refractivity (Wildman–Crippen MR) is 77.3 cm³/mol. The highest BCUT2D eigenvalue weighted by atomic mass is 35.5. The van der Waals surface area contributed by atoms with Crippen LogP contribution in [0.2, 0.25) is 5.02 Å². The van der Waals surface area contributed by atoms with Gasteiger partial charge < -0.3 is 4.74 Å². The Kier molecular flexibility index (Phi) is 5.03. The number of allylic oxidation sites excluding steroid dienone is 1. The van der Waals surface area contributed by atoms with E-state index in [9.17, 15) is 4.79 Å². The molecule has 5 nitrogen and oxygen atoms in total.